The predicted molar refractivity (Wildman–Crippen MR) is 78.3 cm³/mol. The van der Waals surface area contributed by atoms with Gasteiger partial charge in [0, 0.05) is 37.5 Å². The van der Waals surface area contributed by atoms with Gasteiger partial charge >= 0.3 is 0 Å². The van der Waals surface area contributed by atoms with Crippen molar-refractivity contribution in [1.82, 2.24) is 5.32 Å². The highest BCUT2D eigenvalue weighted by atomic mass is 16.1. The summed E-state index contributed by atoms with van der Waals surface area (Å²) in [6, 6.07) is 8.10. The van der Waals surface area contributed by atoms with Crippen molar-refractivity contribution in [3.63, 3.8) is 0 Å². The molecule has 2 amide bonds. The van der Waals surface area contributed by atoms with Crippen LogP contribution in [0.25, 0.3) is 0 Å². The molecule has 0 aliphatic carbocycles. The molecular formula is C15H21N3O2. The lowest BCUT2D eigenvalue weighted by Crippen LogP contribution is -2.26. The van der Waals surface area contributed by atoms with Crippen LogP contribution in [0.4, 0.5) is 5.69 Å². The smallest absolute Gasteiger partial charge is 0.220 e. The second-order valence-electron chi connectivity index (χ2n) is 5.14. The molecule has 1 atom stereocenters. The zero-order valence-electron chi connectivity index (χ0n) is 11.5. The molecule has 1 aliphatic heterocycles. The lowest BCUT2D eigenvalue weighted by atomic mass is 9.97. The molecule has 5 nitrogen and oxygen atoms in total. The molecule has 0 radical (unpaired) electrons. The van der Waals surface area contributed by atoms with Gasteiger partial charge in [-0.2, -0.15) is 0 Å². The molecule has 0 spiro atoms. The average molecular weight is 275 g/mol. The number of hydrogen-bond acceptors (Lipinski definition) is 3. The van der Waals surface area contributed by atoms with Gasteiger partial charge in [0.1, 0.15) is 0 Å². The Morgan fingerprint density at radius 1 is 1.30 bits per heavy atom. The fourth-order valence-electron chi connectivity index (χ4n) is 2.49. The molecule has 0 fully saturated rings. The fourth-order valence-corrected chi connectivity index (χ4v) is 2.49. The second kappa shape index (κ2) is 6.93. The third-order valence-corrected chi connectivity index (χ3v) is 3.54. The van der Waals surface area contributed by atoms with Gasteiger partial charge in [-0.25, -0.2) is 0 Å². The van der Waals surface area contributed by atoms with Crippen LogP contribution in [0.5, 0.6) is 0 Å². The monoisotopic (exact) mass is 275 g/mol. The number of nitrogens with two attached hydrogens (primary N) is 1. The number of carbonyl (C=O) groups excluding carboxylic acids is 2. The van der Waals surface area contributed by atoms with Gasteiger partial charge in [-0.1, -0.05) is 18.2 Å². The Labute approximate surface area is 118 Å². The highest BCUT2D eigenvalue weighted by Gasteiger charge is 2.23. The van der Waals surface area contributed by atoms with E-state index < -0.39 is 0 Å². The van der Waals surface area contributed by atoms with Crippen LogP contribution in [0, 0.1) is 0 Å². The number of anilines is 1. The first-order chi connectivity index (χ1) is 9.66. The minimum absolute atomic E-state index is 0.0626. The molecule has 0 bridgehead atoms. The van der Waals surface area contributed by atoms with Gasteiger partial charge in [0.25, 0.3) is 0 Å². The molecule has 1 heterocycles. The Hall–Kier alpha value is -2.04. The molecule has 4 N–H and O–H groups in total. The number of benzene rings is 1. The maximum Gasteiger partial charge on any atom is 0.220 e. The Morgan fingerprint density at radius 2 is 2.10 bits per heavy atom. The molecule has 1 unspecified atom stereocenters. The average Bonchev–Trinajstić information content (AvgIpc) is 2.81. The lowest BCUT2D eigenvalue weighted by molar-refractivity contribution is -0.121. The van der Waals surface area contributed by atoms with Crippen LogP contribution < -0.4 is 16.4 Å². The Kier molecular flexibility index (Phi) is 4.98. The van der Waals surface area contributed by atoms with Gasteiger partial charge < -0.3 is 16.4 Å². The van der Waals surface area contributed by atoms with Crippen molar-refractivity contribution in [3.8, 4) is 0 Å². The van der Waals surface area contributed by atoms with Crippen LogP contribution in [0.1, 0.15) is 37.2 Å². The summed E-state index contributed by atoms with van der Waals surface area (Å²) in [4.78, 5) is 22.4. The van der Waals surface area contributed by atoms with Gasteiger partial charge in [-0.05, 0) is 24.5 Å². The highest BCUT2D eigenvalue weighted by Crippen LogP contribution is 2.32. The van der Waals surface area contributed by atoms with E-state index in [0.29, 0.717) is 19.4 Å². The summed E-state index contributed by atoms with van der Waals surface area (Å²) in [5, 5.41) is 6.21. The quantitative estimate of drug-likeness (QED) is 0.657. The molecule has 0 aromatic heterocycles. The van der Waals surface area contributed by atoms with Gasteiger partial charge in [0.05, 0.1) is 0 Å². The maximum absolute atomic E-state index is 11.9. The van der Waals surface area contributed by atoms with Gasteiger partial charge in [0.15, 0.2) is 0 Å². The summed E-state index contributed by atoms with van der Waals surface area (Å²) in [5.41, 5.74) is 7.41. The molecule has 2 rings (SSSR count). The normalized spacial score (nSPS) is 16.3. The Balaban J connectivity index is 1.69. The van der Waals surface area contributed by atoms with Crippen LogP contribution in [0.3, 0.4) is 0 Å². The zero-order chi connectivity index (χ0) is 14.4. The van der Waals surface area contributed by atoms with E-state index in [0.717, 1.165) is 25.1 Å². The molecule has 0 saturated carbocycles. The zero-order valence-corrected chi connectivity index (χ0v) is 11.5. The number of fused-ring (bicyclic) bond motifs is 1. The summed E-state index contributed by atoms with van der Waals surface area (Å²) in [6.07, 6.45) is 2.40. The summed E-state index contributed by atoms with van der Waals surface area (Å²) in [6.45, 7) is 1.42. The first kappa shape index (κ1) is 14.4. The second-order valence-corrected chi connectivity index (χ2v) is 5.14. The topological polar surface area (TPSA) is 84.2 Å². The number of amides is 2. The summed E-state index contributed by atoms with van der Waals surface area (Å²) < 4.78 is 0. The number of nitrogens with one attached hydrogen (secondary N) is 2. The van der Waals surface area contributed by atoms with E-state index in [1.807, 2.05) is 18.2 Å². The van der Waals surface area contributed by atoms with Gasteiger partial charge in [0.2, 0.25) is 11.8 Å². The maximum atomic E-state index is 11.9. The molecule has 1 aliphatic rings. The Bertz CT molecular complexity index is 488. The van der Waals surface area contributed by atoms with Crippen molar-refractivity contribution in [2.24, 2.45) is 5.73 Å². The molecule has 20 heavy (non-hydrogen) atoms. The van der Waals surface area contributed by atoms with E-state index in [1.165, 1.54) is 5.56 Å². The van der Waals surface area contributed by atoms with Crippen LogP contribution >= 0.6 is 0 Å². The first-order valence-electron chi connectivity index (χ1n) is 7.04. The lowest BCUT2D eigenvalue weighted by Gasteiger charge is -2.10. The van der Waals surface area contributed by atoms with Gasteiger partial charge in [-0.15, -0.1) is 0 Å². The third kappa shape index (κ3) is 3.98. The van der Waals surface area contributed by atoms with E-state index >= 15 is 0 Å². The fraction of sp³-hybridized carbons (Fsp3) is 0.467. The highest BCUT2D eigenvalue weighted by molar-refractivity contribution is 5.78. The number of carbonyl (C=O) groups is 2. The summed E-state index contributed by atoms with van der Waals surface area (Å²) in [7, 11) is 0. The first-order valence-corrected chi connectivity index (χ1v) is 7.04. The van der Waals surface area contributed by atoms with Gasteiger partial charge in [-0.3, -0.25) is 9.59 Å². The molecule has 1 aromatic carbocycles. The van der Waals surface area contributed by atoms with Crippen molar-refractivity contribution in [2.45, 2.75) is 31.6 Å². The number of rotatable bonds is 7. The number of hydrogen-bond donors (Lipinski definition) is 3. The SMILES string of the molecule is NC(=O)CCCCNC(=O)CC1CNc2ccccc21. The summed E-state index contributed by atoms with van der Waals surface area (Å²) in [5.74, 6) is 0.0226. The summed E-state index contributed by atoms with van der Waals surface area (Å²) >= 11 is 0. The largest absolute Gasteiger partial charge is 0.384 e. The van der Waals surface area contributed by atoms with E-state index in [4.69, 9.17) is 5.73 Å². The number of para-hydroxylation sites is 1. The van der Waals surface area contributed by atoms with E-state index in [9.17, 15) is 9.59 Å². The molecule has 5 heteroatoms. The number of unbranched alkanes of at least 4 members (excludes halogenated alkanes) is 1. The van der Waals surface area contributed by atoms with Crippen molar-refractivity contribution >= 4 is 17.5 Å². The molecule has 0 saturated heterocycles. The standard InChI is InChI=1S/C15H21N3O2/c16-14(19)7-3-4-8-17-15(20)9-11-10-18-13-6-2-1-5-12(11)13/h1-2,5-6,11,18H,3-4,7-10H2,(H2,16,19)(H,17,20). The van der Waals surface area contributed by atoms with Crippen LogP contribution in [-0.2, 0) is 9.59 Å². The minimum Gasteiger partial charge on any atom is -0.384 e. The molecule has 108 valence electrons. The molecular weight excluding hydrogens is 254 g/mol. The molecule has 1 aromatic rings. The van der Waals surface area contributed by atoms with E-state index in [2.05, 4.69) is 16.7 Å². The third-order valence-electron chi connectivity index (χ3n) is 3.54. The Morgan fingerprint density at radius 3 is 2.90 bits per heavy atom. The van der Waals surface area contributed by atoms with Crippen molar-refractivity contribution < 1.29 is 9.59 Å². The van der Waals surface area contributed by atoms with Crippen molar-refractivity contribution in [1.29, 1.82) is 0 Å². The van der Waals surface area contributed by atoms with Crippen molar-refractivity contribution in [3.05, 3.63) is 29.8 Å². The number of primary amides is 1. The van der Waals surface area contributed by atoms with Crippen LogP contribution in [0.2, 0.25) is 0 Å². The predicted octanol–water partition coefficient (Wildman–Crippen LogP) is 1.36. The van der Waals surface area contributed by atoms with Crippen LogP contribution in [-0.4, -0.2) is 24.9 Å². The van der Waals surface area contributed by atoms with Crippen molar-refractivity contribution in [2.75, 3.05) is 18.4 Å². The minimum atomic E-state index is -0.287. The van der Waals surface area contributed by atoms with E-state index in [1.54, 1.807) is 0 Å². The van der Waals surface area contributed by atoms with E-state index in [-0.39, 0.29) is 17.7 Å². The van der Waals surface area contributed by atoms with Crippen LogP contribution in [0.15, 0.2) is 24.3 Å².